The monoisotopic (exact) mass is 407 g/mol. The van der Waals surface area contributed by atoms with Crippen molar-refractivity contribution in [2.45, 2.75) is 32.8 Å². The van der Waals surface area contributed by atoms with Crippen molar-refractivity contribution < 1.29 is 19.1 Å². The molecule has 156 valence electrons. The molecular formula is C23H25N3O4. The fourth-order valence-corrected chi connectivity index (χ4v) is 2.98. The smallest absolute Gasteiger partial charge is 0.310 e. The number of aromatic nitrogens is 1. The first-order chi connectivity index (χ1) is 14.2. The van der Waals surface area contributed by atoms with Gasteiger partial charge in [0.05, 0.1) is 13.0 Å². The fraction of sp³-hybridized carbons (Fsp3) is 0.261. The summed E-state index contributed by atoms with van der Waals surface area (Å²) in [5.41, 5.74) is 1.80. The van der Waals surface area contributed by atoms with Gasteiger partial charge in [-0.15, -0.1) is 0 Å². The van der Waals surface area contributed by atoms with Gasteiger partial charge in [0.1, 0.15) is 11.3 Å². The highest BCUT2D eigenvalue weighted by atomic mass is 16.6. The van der Waals surface area contributed by atoms with E-state index in [0.717, 1.165) is 10.9 Å². The van der Waals surface area contributed by atoms with Crippen molar-refractivity contribution in [3.05, 3.63) is 65.9 Å². The number of nitrogens with one attached hydrogen (secondary N) is 3. The summed E-state index contributed by atoms with van der Waals surface area (Å²) in [6.45, 7) is 5.20. The van der Waals surface area contributed by atoms with E-state index in [-0.39, 0.29) is 24.8 Å². The third-order valence-electron chi connectivity index (χ3n) is 4.23. The van der Waals surface area contributed by atoms with Crippen molar-refractivity contribution in [2.24, 2.45) is 0 Å². The lowest BCUT2D eigenvalue weighted by molar-refractivity contribution is -0.153. The second-order valence-electron chi connectivity index (χ2n) is 7.92. The van der Waals surface area contributed by atoms with E-state index in [1.807, 2.05) is 24.3 Å². The number of anilines is 1. The number of H-pyrrole nitrogens is 1. The maximum atomic E-state index is 12.3. The van der Waals surface area contributed by atoms with Gasteiger partial charge in [-0.3, -0.25) is 14.4 Å². The number of rotatable bonds is 6. The van der Waals surface area contributed by atoms with Crippen LogP contribution in [0.2, 0.25) is 0 Å². The van der Waals surface area contributed by atoms with Crippen molar-refractivity contribution in [3.63, 3.8) is 0 Å². The molecule has 3 N–H and O–H groups in total. The Bertz CT molecular complexity index is 1050. The zero-order valence-corrected chi connectivity index (χ0v) is 17.2. The molecule has 0 saturated carbocycles. The minimum atomic E-state index is -0.581. The molecule has 2 aromatic carbocycles. The van der Waals surface area contributed by atoms with Gasteiger partial charge in [-0.25, -0.2) is 0 Å². The van der Waals surface area contributed by atoms with Gasteiger partial charge in [-0.05, 0) is 44.5 Å². The van der Waals surface area contributed by atoms with Crippen LogP contribution in [0.3, 0.4) is 0 Å². The molecule has 0 aliphatic heterocycles. The second kappa shape index (κ2) is 8.82. The summed E-state index contributed by atoms with van der Waals surface area (Å²) in [7, 11) is 0. The van der Waals surface area contributed by atoms with Crippen molar-refractivity contribution in [2.75, 3.05) is 11.9 Å². The summed E-state index contributed by atoms with van der Waals surface area (Å²) in [6.07, 6.45) is 0.0369. The lowest BCUT2D eigenvalue weighted by atomic mass is 10.1. The Morgan fingerprint density at radius 3 is 2.43 bits per heavy atom. The van der Waals surface area contributed by atoms with Gasteiger partial charge in [0.25, 0.3) is 5.91 Å². The van der Waals surface area contributed by atoms with Crippen LogP contribution in [0.25, 0.3) is 10.9 Å². The molecule has 3 rings (SSSR count). The molecule has 0 aliphatic carbocycles. The summed E-state index contributed by atoms with van der Waals surface area (Å²) >= 11 is 0. The number of amides is 2. The molecule has 7 nitrogen and oxygen atoms in total. The quantitative estimate of drug-likeness (QED) is 0.545. The van der Waals surface area contributed by atoms with Gasteiger partial charge in [0.15, 0.2) is 0 Å². The van der Waals surface area contributed by atoms with E-state index < -0.39 is 11.5 Å². The molecule has 30 heavy (non-hydrogen) atoms. The number of benzene rings is 2. The first-order valence-electron chi connectivity index (χ1n) is 9.67. The van der Waals surface area contributed by atoms with E-state index in [1.54, 1.807) is 51.1 Å². The van der Waals surface area contributed by atoms with Gasteiger partial charge < -0.3 is 20.4 Å². The first-order valence-corrected chi connectivity index (χ1v) is 9.67. The highest BCUT2D eigenvalue weighted by molar-refractivity contribution is 6.01. The Hall–Kier alpha value is -3.61. The van der Waals surface area contributed by atoms with Gasteiger partial charge in [0.2, 0.25) is 5.91 Å². The number of esters is 1. The Morgan fingerprint density at radius 2 is 1.70 bits per heavy atom. The van der Waals surface area contributed by atoms with Crippen molar-refractivity contribution >= 4 is 34.4 Å². The van der Waals surface area contributed by atoms with Crippen LogP contribution in [-0.4, -0.2) is 34.9 Å². The van der Waals surface area contributed by atoms with E-state index in [0.29, 0.717) is 16.9 Å². The highest BCUT2D eigenvalue weighted by Crippen LogP contribution is 2.18. The average molecular weight is 407 g/mol. The van der Waals surface area contributed by atoms with Crippen LogP contribution in [0.5, 0.6) is 0 Å². The number of hydrogen-bond donors (Lipinski definition) is 3. The first kappa shape index (κ1) is 21.1. The van der Waals surface area contributed by atoms with Gasteiger partial charge in [0, 0.05) is 16.6 Å². The van der Waals surface area contributed by atoms with Crippen LogP contribution in [0.15, 0.2) is 54.6 Å². The number of ether oxygens (including phenoxy) is 1. The zero-order valence-electron chi connectivity index (χ0n) is 17.2. The second-order valence-corrected chi connectivity index (χ2v) is 7.92. The summed E-state index contributed by atoms with van der Waals surface area (Å²) in [6, 6.07) is 16.3. The molecule has 0 radical (unpaired) electrons. The molecule has 1 aromatic heterocycles. The molecule has 2 amide bonds. The summed E-state index contributed by atoms with van der Waals surface area (Å²) in [4.78, 5) is 39.8. The Labute approximate surface area is 174 Å². The van der Waals surface area contributed by atoms with E-state index in [1.165, 1.54) is 0 Å². The van der Waals surface area contributed by atoms with Crippen LogP contribution in [-0.2, 0) is 20.7 Å². The van der Waals surface area contributed by atoms with Gasteiger partial charge >= 0.3 is 5.97 Å². The maximum absolute atomic E-state index is 12.3. The average Bonchev–Trinajstić information content (AvgIpc) is 3.10. The largest absolute Gasteiger partial charge is 0.460 e. The minimum absolute atomic E-state index is 0.0369. The van der Waals surface area contributed by atoms with E-state index in [9.17, 15) is 14.4 Å². The lowest BCUT2D eigenvalue weighted by Gasteiger charge is -2.20. The predicted octanol–water partition coefficient (Wildman–Crippen LogP) is 3.42. The van der Waals surface area contributed by atoms with E-state index in [4.69, 9.17) is 4.74 Å². The molecule has 1 heterocycles. The van der Waals surface area contributed by atoms with E-state index in [2.05, 4.69) is 15.6 Å². The molecule has 0 saturated heterocycles. The summed E-state index contributed by atoms with van der Waals surface area (Å²) < 4.78 is 5.34. The molecule has 0 aliphatic rings. The standard InChI is InChI=1S/C23H25N3O4/c1-23(2,3)30-21(28)13-16-9-5-7-11-18(16)26-20(27)14-24-22(29)19-12-15-8-4-6-10-17(15)25-19/h4-12,25H,13-14H2,1-3H3,(H,24,29)(H,26,27). The Balaban J connectivity index is 1.58. The van der Waals surface area contributed by atoms with Crippen molar-refractivity contribution in [1.82, 2.24) is 10.3 Å². The molecular weight excluding hydrogens is 382 g/mol. The summed E-state index contributed by atoms with van der Waals surface area (Å²) in [5, 5.41) is 6.26. The third kappa shape index (κ3) is 5.70. The Kier molecular flexibility index (Phi) is 6.20. The number of carbonyl (C=O) groups excluding carboxylic acids is 3. The number of fused-ring (bicyclic) bond motifs is 1. The Morgan fingerprint density at radius 1 is 1.00 bits per heavy atom. The van der Waals surface area contributed by atoms with E-state index >= 15 is 0 Å². The lowest BCUT2D eigenvalue weighted by Crippen LogP contribution is -2.33. The topological polar surface area (TPSA) is 100 Å². The number of hydrogen-bond acceptors (Lipinski definition) is 4. The SMILES string of the molecule is CC(C)(C)OC(=O)Cc1ccccc1NC(=O)CNC(=O)c1cc2ccccc2[nH]1. The highest BCUT2D eigenvalue weighted by Gasteiger charge is 2.18. The maximum Gasteiger partial charge on any atom is 0.310 e. The number of para-hydroxylation sites is 2. The third-order valence-corrected chi connectivity index (χ3v) is 4.23. The molecule has 0 fully saturated rings. The normalized spacial score (nSPS) is 11.2. The van der Waals surface area contributed by atoms with Gasteiger partial charge in [-0.1, -0.05) is 36.4 Å². The zero-order chi connectivity index (χ0) is 21.7. The number of carbonyl (C=O) groups is 3. The van der Waals surface area contributed by atoms with Crippen LogP contribution < -0.4 is 10.6 Å². The molecule has 0 spiro atoms. The number of aromatic amines is 1. The molecule has 0 atom stereocenters. The van der Waals surface area contributed by atoms with Gasteiger partial charge in [-0.2, -0.15) is 0 Å². The van der Waals surface area contributed by atoms with Crippen LogP contribution in [0.4, 0.5) is 5.69 Å². The fourth-order valence-electron chi connectivity index (χ4n) is 2.98. The van der Waals surface area contributed by atoms with Crippen LogP contribution >= 0.6 is 0 Å². The molecule has 0 bridgehead atoms. The molecule has 3 aromatic rings. The molecule has 7 heteroatoms. The minimum Gasteiger partial charge on any atom is -0.460 e. The predicted molar refractivity (Wildman–Crippen MR) is 115 cm³/mol. The van der Waals surface area contributed by atoms with Crippen molar-refractivity contribution in [3.8, 4) is 0 Å². The van der Waals surface area contributed by atoms with Crippen molar-refractivity contribution in [1.29, 1.82) is 0 Å². The van der Waals surface area contributed by atoms with Crippen LogP contribution in [0.1, 0.15) is 36.8 Å². The summed E-state index contributed by atoms with van der Waals surface area (Å²) in [5.74, 6) is -1.14. The van der Waals surface area contributed by atoms with Crippen LogP contribution in [0, 0.1) is 0 Å². The molecule has 0 unspecified atom stereocenters.